The minimum absolute atomic E-state index is 0.365. The second kappa shape index (κ2) is 4.52. The van der Waals surface area contributed by atoms with E-state index in [0.29, 0.717) is 16.7 Å². The monoisotopic (exact) mass is 237 g/mol. The summed E-state index contributed by atoms with van der Waals surface area (Å²) in [4.78, 5) is 15.0. The van der Waals surface area contributed by atoms with Crippen LogP contribution in [0.4, 0.5) is 0 Å². The lowest BCUT2D eigenvalue weighted by molar-refractivity contribution is -0.156. The number of rotatable bonds is 3. The number of oxazole rings is 1. The molecule has 2 aromatic rings. The zero-order valence-electron chi connectivity index (χ0n) is 9.03. The van der Waals surface area contributed by atoms with Crippen molar-refractivity contribution in [2.45, 2.75) is 12.2 Å². The van der Waals surface area contributed by atoms with Gasteiger partial charge in [-0.25, -0.2) is 9.78 Å². The lowest BCUT2D eigenvalue weighted by Crippen LogP contribution is -2.28. The van der Waals surface area contributed by atoms with E-state index >= 15 is 0 Å². The molecule has 90 valence electrons. The van der Waals surface area contributed by atoms with E-state index in [1.54, 1.807) is 12.1 Å². The van der Waals surface area contributed by atoms with E-state index < -0.39 is 18.2 Å². The maximum atomic E-state index is 11.1. The average Bonchev–Trinajstić information content (AvgIpc) is 2.83. The Balaban J connectivity index is 2.29. The number of fused-ring (bicyclic) bond motifs is 1. The number of aromatic nitrogens is 1. The van der Waals surface area contributed by atoms with Crippen molar-refractivity contribution in [2.24, 2.45) is 0 Å². The Morgan fingerprint density at radius 1 is 1.47 bits per heavy atom. The molecule has 1 heterocycles. The summed E-state index contributed by atoms with van der Waals surface area (Å²) in [5, 5.41) is 19.3. The fraction of sp³-hybridized carbons (Fsp3) is 0.273. The van der Waals surface area contributed by atoms with Gasteiger partial charge in [-0.3, -0.25) is 0 Å². The molecule has 0 saturated heterocycles. The number of carbonyl (C=O) groups excluding carboxylic acids is 1. The molecule has 6 nitrogen and oxygen atoms in total. The van der Waals surface area contributed by atoms with Crippen molar-refractivity contribution >= 4 is 17.1 Å². The Hall–Kier alpha value is -1.92. The number of hydrogen-bond acceptors (Lipinski definition) is 6. The number of aliphatic hydroxyl groups is 2. The van der Waals surface area contributed by atoms with E-state index in [-0.39, 0.29) is 0 Å². The standard InChI is InChI=1S/C11H11NO5/c1-16-11(15)10(14)9(13)6-2-3-8-7(4-6)12-5-17-8/h2-5,9-10,13-14H,1H3. The molecule has 0 amide bonds. The largest absolute Gasteiger partial charge is 0.467 e. The average molecular weight is 237 g/mol. The highest BCUT2D eigenvalue weighted by Gasteiger charge is 2.26. The van der Waals surface area contributed by atoms with E-state index in [1.165, 1.54) is 12.5 Å². The number of ether oxygens (including phenoxy) is 1. The van der Waals surface area contributed by atoms with E-state index in [2.05, 4.69) is 9.72 Å². The predicted molar refractivity (Wildman–Crippen MR) is 57.0 cm³/mol. The molecule has 0 spiro atoms. The minimum Gasteiger partial charge on any atom is -0.467 e. The van der Waals surface area contributed by atoms with Gasteiger partial charge in [0.05, 0.1) is 7.11 Å². The fourth-order valence-corrected chi connectivity index (χ4v) is 1.49. The Bertz CT molecular complexity index is 535. The molecule has 0 aliphatic carbocycles. The lowest BCUT2D eigenvalue weighted by atomic mass is 10.0. The molecule has 2 N–H and O–H groups in total. The van der Waals surface area contributed by atoms with Gasteiger partial charge >= 0.3 is 5.97 Å². The lowest BCUT2D eigenvalue weighted by Gasteiger charge is -2.15. The molecular weight excluding hydrogens is 226 g/mol. The molecule has 17 heavy (non-hydrogen) atoms. The van der Waals surface area contributed by atoms with Gasteiger partial charge in [-0.15, -0.1) is 0 Å². The van der Waals surface area contributed by atoms with Crippen LogP contribution in [-0.4, -0.2) is 34.4 Å². The molecule has 0 bridgehead atoms. The normalized spacial score (nSPS) is 14.5. The number of benzene rings is 1. The van der Waals surface area contributed by atoms with Crippen molar-refractivity contribution in [3.63, 3.8) is 0 Å². The molecule has 1 aromatic carbocycles. The molecule has 1 aromatic heterocycles. The first-order valence-electron chi connectivity index (χ1n) is 4.90. The van der Waals surface area contributed by atoms with Gasteiger partial charge in [0.25, 0.3) is 0 Å². The Labute approximate surface area is 96.5 Å². The summed E-state index contributed by atoms with van der Waals surface area (Å²) in [5.41, 5.74) is 1.47. The number of nitrogens with zero attached hydrogens (tertiary/aromatic N) is 1. The van der Waals surface area contributed by atoms with Crippen LogP contribution in [0.15, 0.2) is 29.0 Å². The van der Waals surface area contributed by atoms with Crippen LogP contribution in [0, 0.1) is 0 Å². The zero-order chi connectivity index (χ0) is 12.4. The van der Waals surface area contributed by atoms with Crippen LogP contribution >= 0.6 is 0 Å². The van der Waals surface area contributed by atoms with Crippen LogP contribution in [0.1, 0.15) is 11.7 Å². The van der Waals surface area contributed by atoms with Gasteiger partial charge in [0, 0.05) is 0 Å². The van der Waals surface area contributed by atoms with E-state index in [0.717, 1.165) is 7.11 Å². The molecule has 0 fully saturated rings. The smallest absolute Gasteiger partial charge is 0.337 e. The maximum absolute atomic E-state index is 11.1. The summed E-state index contributed by atoms with van der Waals surface area (Å²) in [6.07, 6.45) is -1.70. The third-order valence-electron chi connectivity index (χ3n) is 2.44. The minimum atomic E-state index is -1.62. The van der Waals surface area contributed by atoms with E-state index in [4.69, 9.17) is 4.42 Å². The molecule has 2 rings (SSSR count). The van der Waals surface area contributed by atoms with Gasteiger partial charge < -0.3 is 19.4 Å². The Morgan fingerprint density at radius 2 is 2.24 bits per heavy atom. The predicted octanol–water partition coefficient (Wildman–Crippen LogP) is 0.395. The molecule has 0 saturated carbocycles. The van der Waals surface area contributed by atoms with Crippen molar-refractivity contribution in [1.82, 2.24) is 4.98 Å². The highest BCUT2D eigenvalue weighted by molar-refractivity contribution is 5.76. The van der Waals surface area contributed by atoms with Crippen molar-refractivity contribution in [1.29, 1.82) is 0 Å². The molecule has 2 atom stereocenters. The van der Waals surface area contributed by atoms with Gasteiger partial charge in [-0.1, -0.05) is 6.07 Å². The van der Waals surface area contributed by atoms with Crippen LogP contribution in [0.5, 0.6) is 0 Å². The molecule has 6 heteroatoms. The number of carbonyl (C=O) groups is 1. The second-order valence-electron chi connectivity index (χ2n) is 3.49. The van der Waals surface area contributed by atoms with Crippen LogP contribution in [-0.2, 0) is 9.53 Å². The van der Waals surface area contributed by atoms with E-state index in [1.807, 2.05) is 0 Å². The molecule has 0 radical (unpaired) electrons. The van der Waals surface area contributed by atoms with Gasteiger partial charge in [0.1, 0.15) is 11.6 Å². The Morgan fingerprint density at radius 3 is 2.94 bits per heavy atom. The van der Waals surface area contributed by atoms with Crippen LogP contribution in [0.2, 0.25) is 0 Å². The van der Waals surface area contributed by atoms with Gasteiger partial charge in [0.15, 0.2) is 18.1 Å². The summed E-state index contributed by atoms with van der Waals surface area (Å²) < 4.78 is 9.38. The van der Waals surface area contributed by atoms with Crippen molar-refractivity contribution in [3.05, 3.63) is 30.2 Å². The SMILES string of the molecule is COC(=O)C(O)C(O)c1ccc2ocnc2c1. The highest BCUT2D eigenvalue weighted by atomic mass is 16.5. The van der Waals surface area contributed by atoms with Gasteiger partial charge in [-0.2, -0.15) is 0 Å². The zero-order valence-corrected chi connectivity index (χ0v) is 9.03. The van der Waals surface area contributed by atoms with Crippen molar-refractivity contribution in [3.8, 4) is 0 Å². The molecule has 2 unspecified atom stereocenters. The number of aliphatic hydroxyl groups excluding tert-OH is 2. The fourth-order valence-electron chi connectivity index (χ4n) is 1.49. The molecule has 0 aliphatic rings. The highest BCUT2D eigenvalue weighted by Crippen LogP contribution is 2.22. The number of esters is 1. The topological polar surface area (TPSA) is 92.8 Å². The first-order chi connectivity index (χ1) is 8.13. The third-order valence-corrected chi connectivity index (χ3v) is 2.44. The molecule has 0 aliphatic heterocycles. The van der Waals surface area contributed by atoms with Crippen molar-refractivity contribution < 1.29 is 24.2 Å². The van der Waals surface area contributed by atoms with Crippen molar-refractivity contribution in [2.75, 3.05) is 7.11 Å². The second-order valence-corrected chi connectivity index (χ2v) is 3.49. The summed E-state index contributed by atoms with van der Waals surface area (Å²) in [7, 11) is 1.14. The molecular formula is C11H11NO5. The maximum Gasteiger partial charge on any atom is 0.337 e. The van der Waals surface area contributed by atoms with Gasteiger partial charge in [0.2, 0.25) is 0 Å². The summed E-state index contributed by atoms with van der Waals surface area (Å²) in [5.74, 6) is -0.891. The quantitative estimate of drug-likeness (QED) is 0.750. The summed E-state index contributed by atoms with van der Waals surface area (Å²) in [6, 6.07) is 4.69. The van der Waals surface area contributed by atoms with Gasteiger partial charge in [-0.05, 0) is 17.7 Å². The first kappa shape index (κ1) is 11.6. The number of methoxy groups -OCH3 is 1. The summed E-state index contributed by atoms with van der Waals surface area (Å²) >= 11 is 0. The van der Waals surface area contributed by atoms with Crippen LogP contribution in [0.3, 0.4) is 0 Å². The van der Waals surface area contributed by atoms with E-state index in [9.17, 15) is 15.0 Å². The van der Waals surface area contributed by atoms with Crippen LogP contribution < -0.4 is 0 Å². The number of hydrogen-bond donors (Lipinski definition) is 2. The third kappa shape index (κ3) is 2.13. The first-order valence-corrected chi connectivity index (χ1v) is 4.90. The summed E-state index contributed by atoms with van der Waals surface area (Å²) in [6.45, 7) is 0. The van der Waals surface area contributed by atoms with Crippen LogP contribution in [0.25, 0.3) is 11.1 Å². The Kier molecular flexibility index (Phi) is 3.08.